The van der Waals surface area contributed by atoms with Crippen LogP contribution >= 0.6 is 23.2 Å². The molecule has 0 spiro atoms. The Bertz CT molecular complexity index is 858. The molecular weight excluding hydrogens is 412 g/mol. The lowest BCUT2D eigenvalue weighted by Gasteiger charge is -2.13. The number of alkyl halides is 3. The van der Waals surface area contributed by atoms with Crippen LogP contribution in [0.5, 0.6) is 0 Å². The Morgan fingerprint density at radius 3 is 2.37 bits per heavy atom. The van der Waals surface area contributed by atoms with Gasteiger partial charge in [-0.15, -0.1) is 0 Å². The Morgan fingerprint density at radius 2 is 1.81 bits per heavy atom. The van der Waals surface area contributed by atoms with Gasteiger partial charge in [-0.05, 0) is 25.1 Å². The molecular formula is C15H11Cl2F3N4O3. The Kier molecular flexibility index (Phi) is 6.45. The highest BCUT2D eigenvalue weighted by molar-refractivity contribution is 6.35. The highest BCUT2D eigenvalue weighted by Crippen LogP contribution is 2.31. The van der Waals surface area contributed by atoms with E-state index in [1.165, 1.54) is 25.1 Å². The lowest BCUT2D eigenvalue weighted by atomic mass is 10.2. The molecule has 0 bridgehead atoms. The second-order valence-corrected chi connectivity index (χ2v) is 5.78. The molecule has 2 N–H and O–H groups in total. The van der Waals surface area contributed by atoms with Crippen LogP contribution in [0.4, 0.5) is 19.1 Å². The van der Waals surface area contributed by atoms with Crippen molar-refractivity contribution in [3.63, 3.8) is 0 Å². The molecule has 0 atom stereocenters. The fourth-order valence-corrected chi connectivity index (χ4v) is 2.41. The third-order valence-corrected chi connectivity index (χ3v) is 3.40. The molecule has 1 aromatic carbocycles. The average Bonchev–Trinajstić information content (AvgIpc) is 2.58. The van der Waals surface area contributed by atoms with Crippen LogP contribution in [0.2, 0.25) is 10.0 Å². The molecule has 0 saturated heterocycles. The number of benzene rings is 1. The van der Waals surface area contributed by atoms with Crippen LogP contribution in [0.1, 0.15) is 33.3 Å². The standard InChI is InChI=1S/C15H11Cl2F3N4O3/c1-2-27-13(26)10-6-21-14(22-11(10)15(18,19)20)24-23-12(25)7-3-8(16)5-9(17)4-7/h3-6H,2H2,1H3,(H,23,25)(H,21,22,24). The van der Waals surface area contributed by atoms with Crippen LogP contribution in [0, 0.1) is 0 Å². The number of hydrogen-bond donors (Lipinski definition) is 2. The first-order chi connectivity index (χ1) is 12.6. The summed E-state index contributed by atoms with van der Waals surface area (Å²) in [4.78, 5) is 30.4. The van der Waals surface area contributed by atoms with Gasteiger partial charge in [0.25, 0.3) is 5.91 Å². The van der Waals surface area contributed by atoms with Crippen molar-refractivity contribution in [1.29, 1.82) is 0 Å². The van der Waals surface area contributed by atoms with E-state index in [9.17, 15) is 22.8 Å². The molecule has 0 aliphatic rings. The molecule has 12 heteroatoms. The van der Waals surface area contributed by atoms with Crippen LogP contribution in [-0.4, -0.2) is 28.5 Å². The van der Waals surface area contributed by atoms with Gasteiger partial charge in [0, 0.05) is 21.8 Å². The molecule has 0 unspecified atom stereocenters. The van der Waals surface area contributed by atoms with Crippen molar-refractivity contribution in [3.8, 4) is 0 Å². The first-order valence-electron chi connectivity index (χ1n) is 7.25. The number of nitrogens with zero attached hydrogens (tertiary/aromatic N) is 2. The number of carbonyl (C=O) groups excluding carboxylic acids is 2. The normalized spacial score (nSPS) is 11.0. The van der Waals surface area contributed by atoms with Gasteiger partial charge < -0.3 is 4.74 Å². The van der Waals surface area contributed by atoms with Gasteiger partial charge >= 0.3 is 12.1 Å². The van der Waals surface area contributed by atoms with Gasteiger partial charge in [0.1, 0.15) is 5.56 Å². The summed E-state index contributed by atoms with van der Waals surface area (Å²) < 4.78 is 44.0. The number of rotatable bonds is 5. The highest BCUT2D eigenvalue weighted by atomic mass is 35.5. The van der Waals surface area contributed by atoms with Crippen LogP contribution in [0.3, 0.4) is 0 Å². The third kappa shape index (κ3) is 5.44. The van der Waals surface area contributed by atoms with Gasteiger partial charge in [0.2, 0.25) is 5.95 Å². The van der Waals surface area contributed by atoms with E-state index in [0.717, 1.165) is 0 Å². The summed E-state index contributed by atoms with van der Waals surface area (Å²) in [5.41, 5.74) is 1.95. The highest BCUT2D eigenvalue weighted by Gasteiger charge is 2.38. The Hall–Kier alpha value is -2.59. The number of aromatic nitrogens is 2. The molecule has 1 heterocycles. The number of hydrazine groups is 1. The summed E-state index contributed by atoms with van der Waals surface area (Å²) in [6.45, 7) is 1.33. The summed E-state index contributed by atoms with van der Waals surface area (Å²) >= 11 is 11.6. The number of hydrogen-bond acceptors (Lipinski definition) is 6. The van der Waals surface area contributed by atoms with E-state index in [4.69, 9.17) is 23.2 Å². The SMILES string of the molecule is CCOC(=O)c1cnc(NNC(=O)c2cc(Cl)cc(Cl)c2)nc1C(F)(F)F. The Labute approximate surface area is 160 Å². The second-order valence-electron chi connectivity index (χ2n) is 4.91. The number of halogens is 5. The fraction of sp³-hybridized carbons (Fsp3) is 0.200. The molecule has 1 aromatic heterocycles. The van der Waals surface area contributed by atoms with E-state index in [-0.39, 0.29) is 22.2 Å². The zero-order valence-electron chi connectivity index (χ0n) is 13.5. The van der Waals surface area contributed by atoms with Crippen molar-refractivity contribution in [1.82, 2.24) is 15.4 Å². The summed E-state index contributed by atoms with van der Waals surface area (Å²) in [7, 11) is 0. The van der Waals surface area contributed by atoms with Crippen molar-refractivity contribution in [2.45, 2.75) is 13.1 Å². The molecule has 2 rings (SSSR count). The number of nitrogens with one attached hydrogen (secondary N) is 2. The van der Waals surface area contributed by atoms with Crippen LogP contribution in [0.15, 0.2) is 24.4 Å². The minimum atomic E-state index is -4.94. The molecule has 2 aromatic rings. The van der Waals surface area contributed by atoms with E-state index in [1.54, 1.807) is 0 Å². The number of amides is 1. The van der Waals surface area contributed by atoms with Crippen molar-refractivity contribution in [2.24, 2.45) is 0 Å². The molecule has 1 amide bonds. The largest absolute Gasteiger partial charge is 0.462 e. The first kappa shape index (κ1) is 20.7. The van der Waals surface area contributed by atoms with Crippen LogP contribution in [0.25, 0.3) is 0 Å². The number of ether oxygens (including phenoxy) is 1. The van der Waals surface area contributed by atoms with E-state index in [2.05, 4.69) is 25.6 Å². The molecule has 144 valence electrons. The van der Waals surface area contributed by atoms with E-state index < -0.39 is 35.3 Å². The summed E-state index contributed by atoms with van der Waals surface area (Å²) in [6.07, 6.45) is -4.29. The van der Waals surface area contributed by atoms with Gasteiger partial charge in [-0.1, -0.05) is 23.2 Å². The van der Waals surface area contributed by atoms with Crippen molar-refractivity contribution >= 4 is 41.0 Å². The van der Waals surface area contributed by atoms with Crippen molar-refractivity contribution in [3.05, 3.63) is 51.3 Å². The quantitative estimate of drug-likeness (QED) is 0.563. The maximum atomic E-state index is 13.1. The predicted octanol–water partition coefficient (Wildman–Crippen LogP) is 3.74. The lowest BCUT2D eigenvalue weighted by Crippen LogP contribution is -2.31. The minimum absolute atomic E-state index is 0.0548. The Morgan fingerprint density at radius 1 is 1.19 bits per heavy atom. The molecule has 0 saturated carbocycles. The monoisotopic (exact) mass is 422 g/mol. The summed E-state index contributed by atoms with van der Waals surface area (Å²) in [5.74, 6) is -2.54. The zero-order chi connectivity index (χ0) is 20.2. The summed E-state index contributed by atoms with van der Waals surface area (Å²) in [6, 6.07) is 4.01. The predicted molar refractivity (Wildman–Crippen MR) is 90.5 cm³/mol. The van der Waals surface area contributed by atoms with Crippen LogP contribution < -0.4 is 10.9 Å². The molecule has 7 nitrogen and oxygen atoms in total. The smallest absolute Gasteiger partial charge is 0.434 e. The number of esters is 1. The minimum Gasteiger partial charge on any atom is -0.462 e. The molecule has 0 fully saturated rings. The van der Waals surface area contributed by atoms with Crippen LogP contribution in [-0.2, 0) is 10.9 Å². The lowest BCUT2D eigenvalue weighted by molar-refractivity contribution is -0.141. The molecule has 0 aliphatic carbocycles. The van der Waals surface area contributed by atoms with E-state index >= 15 is 0 Å². The maximum absolute atomic E-state index is 13.1. The van der Waals surface area contributed by atoms with E-state index in [1.807, 2.05) is 0 Å². The zero-order valence-corrected chi connectivity index (χ0v) is 15.0. The average molecular weight is 423 g/mol. The van der Waals surface area contributed by atoms with Gasteiger partial charge in [-0.3, -0.25) is 15.6 Å². The van der Waals surface area contributed by atoms with E-state index in [0.29, 0.717) is 6.20 Å². The van der Waals surface area contributed by atoms with Crippen molar-refractivity contribution < 1.29 is 27.5 Å². The van der Waals surface area contributed by atoms with Gasteiger partial charge in [0.05, 0.1) is 6.61 Å². The topological polar surface area (TPSA) is 93.2 Å². The maximum Gasteiger partial charge on any atom is 0.434 e. The van der Waals surface area contributed by atoms with Gasteiger partial charge in [-0.25, -0.2) is 14.8 Å². The van der Waals surface area contributed by atoms with Gasteiger partial charge in [-0.2, -0.15) is 13.2 Å². The third-order valence-electron chi connectivity index (χ3n) is 2.97. The fourth-order valence-electron chi connectivity index (χ4n) is 1.89. The molecule has 0 radical (unpaired) electrons. The first-order valence-corrected chi connectivity index (χ1v) is 8.01. The molecule has 27 heavy (non-hydrogen) atoms. The Balaban J connectivity index is 2.21. The number of carbonyl (C=O) groups is 2. The summed E-state index contributed by atoms with van der Waals surface area (Å²) in [5, 5.41) is 0.393. The molecule has 0 aliphatic heterocycles. The second kappa shape index (κ2) is 8.40. The number of anilines is 1. The van der Waals surface area contributed by atoms with Gasteiger partial charge in [0.15, 0.2) is 5.69 Å². The van der Waals surface area contributed by atoms with Crippen molar-refractivity contribution in [2.75, 3.05) is 12.0 Å².